The van der Waals surface area contributed by atoms with Crippen LogP contribution < -0.4 is 5.32 Å². The molecule has 3 rings (SSSR count). The van der Waals surface area contributed by atoms with Crippen molar-refractivity contribution in [2.45, 2.75) is 35.1 Å². The van der Waals surface area contributed by atoms with Crippen LogP contribution >= 0.6 is 0 Å². The molecule has 1 atom stereocenters. The minimum atomic E-state index is -3.65. The number of anilines is 1. The van der Waals surface area contributed by atoms with Crippen LogP contribution in [-0.2, 0) is 26.1 Å². The van der Waals surface area contributed by atoms with Gasteiger partial charge in [-0.15, -0.1) is 0 Å². The summed E-state index contributed by atoms with van der Waals surface area (Å²) in [6.45, 7) is 0. The van der Waals surface area contributed by atoms with Gasteiger partial charge in [0.05, 0.1) is 21.5 Å². The van der Waals surface area contributed by atoms with E-state index in [4.69, 9.17) is 0 Å². The second-order valence-electron chi connectivity index (χ2n) is 6.63. The van der Waals surface area contributed by atoms with Crippen molar-refractivity contribution in [1.82, 2.24) is 0 Å². The van der Waals surface area contributed by atoms with Gasteiger partial charge in [0.1, 0.15) is 5.82 Å². The van der Waals surface area contributed by atoms with Gasteiger partial charge in [0.25, 0.3) is 0 Å². The lowest BCUT2D eigenvalue weighted by Crippen LogP contribution is -2.19. The van der Waals surface area contributed by atoms with E-state index < -0.39 is 19.7 Å². The molecule has 1 aliphatic carbocycles. The number of nitrogens with one attached hydrogen (secondary N) is 1. The smallest absolute Gasteiger partial charge is 0.177 e. The van der Waals surface area contributed by atoms with Crippen LogP contribution in [0.3, 0.4) is 0 Å². The third kappa shape index (κ3) is 3.91. The lowest BCUT2D eigenvalue weighted by Gasteiger charge is -2.28. The zero-order chi connectivity index (χ0) is 19.1. The van der Waals surface area contributed by atoms with Crippen molar-refractivity contribution in [3.8, 4) is 0 Å². The van der Waals surface area contributed by atoms with Gasteiger partial charge in [-0.05, 0) is 60.7 Å². The summed E-state index contributed by atoms with van der Waals surface area (Å²) in [6.07, 6.45) is 4.54. The highest BCUT2D eigenvalue weighted by Crippen LogP contribution is 2.35. The van der Waals surface area contributed by atoms with E-state index in [2.05, 4.69) is 5.32 Å². The lowest BCUT2D eigenvalue weighted by molar-refractivity contribution is 0.577. The maximum atomic E-state index is 13.7. The number of sulfone groups is 2. The Morgan fingerprint density at radius 3 is 2.38 bits per heavy atom. The van der Waals surface area contributed by atoms with E-state index in [1.165, 1.54) is 30.3 Å². The molecule has 8 heteroatoms. The van der Waals surface area contributed by atoms with Crippen molar-refractivity contribution in [3.63, 3.8) is 0 Å². The fourth-order valence-electron chi connectivity index (χ4n) is 3.27. The van der Waals surface area contributed by atoms with Gasteiger partial charge in [-0.25, -0.2) is 21.2 Å². The van der Waals surface area contributed by atoms with Crippen LogP contribution in [0.4, 0.5) is 10.1 Å². The molecule has 26 heavy (non-hydrogen) atoms. The quantitative estimate of drug-likeness (QED) is 0.857. The molecule has 2 aromatic rings. The second kappa shape index (κ2) is 6.66. The van der Waals surface area contributed by atoms with Gasteiger partial charge in [0.2, 0.25) is 0 Å². The topological polar surface area (TPSA) is 80.3 Å². The summed E-state index contributed by atoms with van der Waals surface area (Å²) in [6, 6.07) is 8.41. The lowest BCUT2D eigenvalue weighted by atomic mass is 9.87. The van der Waals surface area contributed by atoms with Crippen LogP contribution in [0.15, 0.2) is 46.2 Å². The molecular formula is C18H20FNO4S2. The van der Waals surface area contributed by atoms with Crippen LogP contribution in [0, 0.1) is 5.82 Å². The molecule has 5 nitrogen and oxygen atoms in total. The van der Waals surface area contributed by atoms with E-state index >= 15 is 0 Å². The minimum Gasteiger partial charge on any atom is -0.377 e. The highest BCUT2D eigenvalue weighted by Gasteiger charge is 2.24. The largest absolute Gasteiger partial charge is 0.377 e. The molecular weight excluding hydrogens is 377 g/mol. The Kier molecular flexibility index (Phi) is 4.83. The first-order valence-corrected chi connectivity index (χ1v) is 11.9. The molecule has 0 radical (unpaired) electrons. The van der Waals surface area contributed by atoms with Gasteiger partial charge in [-0.3, -0.25) is 0 Å². The Bertz CT molecular complexity index is 1060. The van der Waals surface area contributed by atoms with Crippen molar-refractivity contribution in [1.29, 1.82) is 0 Å². The second-order valence-corrected chi connectivity index (χ2v) is 10.6. The first-order valence-electron chi connectivity index (χ1n) is 8.15. The predicted octanol–water partition coefficient (Wildman–Crippen LogP) is 3.12. The molecule has 0 bridgehead atoms. The molecule has 1 aliphatic rings. The summed E-state index contributed by atoms with van der Waals surface area (Å²) in [5.74, 6) is -0.340. The Hall–Kier alpha value is -1.93. The molecule has 140 valence electrons. The summed E-state index contributed by atoms with van der Waals surface area (Å²) in [4.78, 5) is -0.137. The molecule has 0 saturated heterocycles. The number of aryl methyl sites for hydroxylation is 1. The molecule has 0 spiro atoms. The average Bonchev–Trinajstić information content (AvgIpc) is 2.53. The van der Waals surface area contributed by atoms with Gasteiger partial charge in [0.15, 0.2) is 19.7 Å². The zero-order valence-electron chi connectivity index (χ0n) is 14.5. The molecule has 0 amide bonds. The van der Waals surface area contributed by atoms with E-state index in [1.807, 2.05) is 0 Å². The van der Waals surface area contributed by atoms with Crippen molar-refractivity contribution in [2.75, 3.05) is 17.8 Å². The third-order valence-corrected chi connectivity index (χ3v) is 6.78. The van der Waals surface area contributed by atoms with E-state index in [-0.39, 0.29) is 21.7 Å². The number of hydrogen-bond donors (Lipinski definition) is 1. The Balaban J connectivity index is 2.05. The average molecular weight is 397 g/mol. The summed E-state index contributed by atoms with van der Waals surface area (Å²) >= 11 is 0. The molecule has 1 N–H and O–H groups in total. The monoisotopic (exact) mass is 397 g/mol. The molecule has 0 aliphatic heterocycles. The Morgan fingerprint density at radius 2 is 1.73 bits per heavy atom. The summed E-state index contributed by atoms with van der Waals surface area (Å²) in [5, 5.41) is 3.18. The fourth-order valence-corrected chi connectivity index (χ4v) is 4.86. The fraction of sp³-hybridized carbons (Fsp3) is 0.333. The van der Waals surface area contributed by atoms with Crippen LogP contribution in [0.1, 0.15) is 30.0 Å². The van der Waals surface area contributed by atoms with E-state index in [0.717, 1.165) is 42.9 Å². The molecule has 0 aromatic heterocycles. The van der Waals surface area contributed by atoms with Gasteiger partial charge < -0.3 is 5.32 Å². The maximum Gasteiger partial charge on any atom is 0.177 e. The molecule has 0 heterocycles. The molecule has 1 unspecified atom stereocenters. The van der Waals surface area contributed by atoms with Crippen molar-refractivity contribution < 1.29 is 21.2 Å². The Morgan fingerprint density at radius 1 is 1.00 bits per heavy atom. The van der Waals surface area contributed by atoms with Crippen LogP contribution in [0.5, 0.6) is 0 Å². The van der Waals surface area contributed by atoms with Crippen LogP contribution in [0.2, 0.25) is 0 Å². The van der Waals surface area contributed by atoms with Crippen molar-refractivity contribution in [3.05, 3.63) is 53.3 Å². The number of hydrogen-bond acceptors (Lipinski definition) is 5. The standard InChI is InChI=1S/C18H20FNO4S2/c1-25(21,22)14-8-9-17(18(11-14)26(2,23)24)20-16-5-3-4-12-6-7-13(19)10-15(12)16/h6-11,16,20H,3-5H2,1-2H3. The zero-order valence-corrected chi connectivity index (χ0v) is 16.1. The van der Waals surface area contributed by atoms with Gasteiger partial charge in [0, 0.05) is 12.5 Å². The normalized spacial score (nSPS) is 17.6. The number of benzene rings is 2. The van der Waals surface area contributed by atoms with Gasteiger partial charge in [-0.2, -0.15) is 0 Å². The molecule has 2 aromatic carbocycles. The van der Waals surface area contributed by atoms with Crippen LogP contribution in [-0.4, -0.2) is 29.3 Å². The highest BCUT2D eigenvalue weighted by atomic mass is 32.2. The maximum absolute atomic E-state index is 13.7. The van der Waals surface area contributed by atoms with Gasteiger partial charge >= 0.3 is 0 Å². The summed E-state index contributed by atoms with van der Waals surface area (Å²) in [7, 11) is -7.19. The van der Waals surface area contributed by atoms with Crippen molar-refractivity contribution >= 4 is 25.4 Å². The minimum absolute atomic E-state index is 0.0569. The van der Waals surface area contributed by atoms with Gasteiger partial charge in [-0.1, -0.05) is 6.07 Å². The Labute approximate surface area is 153 Å². The predicted molar refractivity (Wildman–Crippen MR) is 98.4 cm³/mol. The molecule has 0 fully saturated rings. The summed E-state index contributed by atoms with van der Waals surface area (Å²) in [5.41, 5.74) is 2.16. The number of halogens is 1. The van der Waals surface area contributed by atoms with Crippen molar-refractivity contribution in [2.24, 2.45) is 0 Å². The highest BCUT2D eigenvalue weighted by molar-refractivity contribution is 7.91. The molecule has 0 saturated carbocycles. The number of rotatable bonds is 4. The van der Waals surface area contributed by atoms with E-state index in [1.54, 1.807) is 6.07 Å². The first-order chi connectivity index (χ1) is 12.1. The SMILES string of the molecule is CS(=O)(=O)c1ccc(NC2CCCc3ccc(F)cc32)c(S(C)(=O)=O)c1. The van der Waals surface area contributed by atoms with E-state index in [9.17, 15) is 21.2 Å². The summed E-state index contributed by atoms with van der Waals surface area (Å²) < 4.78 is 61.5. The van der Waals surface area contributed by atoms with E-state index in [0.29, 0.717) is 5.69 Å². The first kappa shape index (κ1) is 18.8. The van der Waals surface area contributed by atoms with Crippen LogP contribution in [0.25, 0.3) is 0 Å². The third-order valence-electron chi connectivity index (χ3n) is 4.53. The number of fused-ring (bicyclic) bond motifs is 1.